The first-order valence-electron chi connectivity index (χ1n) is 7.63. The summed E-state index contributed by atoms with van der Waals surface area (Å²) in [6.45, 7) is 0.105. The molecule has 0 heterocycles. The first-order chi connectivity index (χ1) is 12.5. The highest BCUT2D eigenvalue weighted by Gasteiger charge is 2.12. The van der Waals surface area contributed by atoms with Crippen LogP contribution in [0.25, 0.3) is 11.1 Å². The van der Waals surface area contributed by atoms with Crippen LogP contribution in [0.2, 0.25) is 10.0 Å². The number of carbonyl (C=O) groups is 1. The summed E-state index contributed by atoms with van der Waals surface area (Å²) in [5.74, 6) is -0.304. The molecule has 0 aliphatic carbocycles. The number of carbonyl (C=O) groups excluding carboxylic acids is 1. The summed E-state index contributed by atoms with van der Waals surface area (Å²) in [7, 11) is 0. The molecule has 0 radical (unpaired) electrons. The Morgan fingerprint density at radius 1 is 1.08 bits per heavy atom. The highest BCUT2D eigenvalue weighted by Crippen LogP contribution is 2.34. The fourth-order valence-corrected chi connectivity index (χ4v) is 2.98. The van der Waals surface area contributed by atoms with E-state index in [2.05, 4.69) is 0 Å². The van der Waals surface area contributed by atoms with Gasteiger partial charge in [0.1, 0.15) is 23.9 Å². The molecule has 3 nitrogen and oxygen atoms in total. The molecule has 3 aromatic rings. The standard InChI is InChI=1S/C20H13Cl2FO3/c21-17-8-14(10-24)18(25)9-19(17)26-11-13-2-1-3-16(20(13)22)12-4-6-15(23)7-5-12/h1-10,25H,11H2. The van der Waals surface area contributed by atoms with Crippen LogP contribution in [0.15, 0.2) is 54.6 Å². The minimum absolute atomic E-state index is 0.0821. The van der Waals surface area contributed by atoms with E-state index in [-0.39, 0.29) is 34.5 Å². The Labute approximate surface area is 159 Å². The Hall–Kier alpha value is -2.56. The van der Waals surface area contributed by atoms with Crippen LogP contribution >= 0.6 is 23.2 Å². The lowest BCUT2D eigenvalue weighted by Crippen LogP contribution is -1.98. The van der Waals surface area contributed by atoms with E-state index in [9.17, 15) is 14.3 Å². The van der Waals surface area contributed by atoms with Gasteiger partial charge in [0, 0.05) is 17.2 Å². The molecule has 0 fully saturated rings. The van der Waals surface area contributed by atoms with Crippen molar-refractivity contribution in [2.75, 3.05) is 0 Å². The monoisotopic (exact) mass is 390 g/mol. The molecular formula is C20H13Cl2FO3. The van der Waals surface area contributed by atoms with Crippen LogP contribution in [0.3, 0.4) is 0 Å². The Kier molecular flexibility index (Phi) is 5.45. The van der Waals surface area contributed by atoms with Crippen molar-refractivity contribution in [3.8, 4) is 22.6 Å². The van der Waals surface area contributed by atoms with Crippen LogP contribution in [0.5, 0.6) is 11.5 Å². The van der Waals surface area contributed by atoms with Crippen molar-refractivity contribution in [3.05, 3.63) is 81.6 Å². The number of aromatic hydroxyl groups is 1. The van der Waals surface area contributed by atoms with Gasteiger partial charge in [0.25, 0.3) is 0 Å². The Bertz CT molecular complexity index is 956. The minimum Gasteiger partial charge on any atom is -0.507 e. The van der Waals surface area contributed by atoms with E-state index in [1.54, 1.807) is 18.2 Å². The van der Waals surface area contributed by atoms with E-state index in [1.165, 1.54) is 24.3 Å². The quantitative estimate of drug-likeness (QED) is 0.551. The van der Waals surface area contributed by atoms with Crippen molar-refractivity contribution in [1.82, 2.24) is 0 Å². The average molecular weight is 391 g/mol. The smallest absolute Gasteiger partial charge is 0.153 e. The predicted octanol–water partition coefficient (Wildman–Crippen LogP) is 5.90. The number of benzene rings is 3. The van der Waals surface area contributed by atoms with E-state index in [0.29, 0.717) is 16.9 Å². The molecule has 0 spiro atoms. The lowest BCUT2D eigenvalue weighted by atomic mass is 10.0. The molecule has 26 heavy (non-hydrogen) atoms. The molecule has 0 aromatic heterocycles. The van der Waals surface area contributed by atoms with E-state index >= 15 is 0 Å². The molecule has 6 heteroatoms. The lowest BCUT2D eigenvalue weighted by Gasteiger charge is -2.13. The maximum absolute atomic E-state index is 13.1. The summed E-state index contributed by atoms with van der Waals surface area (Å²) in [6.07, 6.45) is 0.508. The van der Waals surface area contributed by atoms with E-state index in [0.717, 1.165) is 11.1 Å². The summed E-state index contributed by atoms with van der Waals surface area (Å²) < 4.78 is 18.7. The van der Waals surface area contributed by atoms with Gasteiger partial charge < -0.3 is 9.84 Å². The Morgan fingerprint density at radius 2 is 1.81 bits per heavy atom. The Morgan fingerprint density at radius 3 is 2.50 bits per heavy atom. The molecule has 0 aliphatic rings. The van der Waals surface area contributed by atoms with Crippen molar-refractivity contribution in [3.63, 3.8) is 0 Å². The molecule has 0 bridgehead atoms. The SMILES string of the molecule is O=Cc1cc(Cl)c(OCc2cccc(-c3ccc(F)cc3)c2Cl)cc1O. The summed E-state index contributed by atoms with van der Waals surface area (Å²) in [5, 5.41) is 10.4. The third kappa shape index (κ3) is 3.82. The predicted molar refractivity (Wildman–Crippen MR) is 99.7 cm³/mol. The lowest BCUT2D eigenvalue weighted by molar-refractivity contribution is 0.112. The summed E-state index contributed by atoms with van der Waals surface area (Å²) in [6, 6.07) is 14.1. The van der Waals surface area contributed by atoms with Gasteiger partial charge >= 0.3 is 0 Å². The number of halogens is 3. The average Bonchev–Trinajstić information content (AvgIpc) is 2.64. The molecule has 0 atom stereocenters. The molecule has 0 amide bonds. The number of phenols is 1. The second-order valence-electron chi connectivity index (χ2n) is 5.53. The van der Waals surface area contributed by atoms with Gasteiger partial charge in [-0.2, -0.15) is 0 Å². The number of aldehydes is 1. The van der Waals surface area contributed by atoms with Crippen LogP contribution in [-0.2, 0) is 6.61 Å². The summed E-state index contributed by atoms with van der Waals surface area (Å²) in [4.78, 5) is 10.8. The van der Waals surface area contributed by atoms with E-state index in [4.69, 9.17) is 27.9 Å². The third-order valence-corrected chi connectivity index (χ3v) is 4.57. The van der Waals surface area contributed by atoms with Gasteiger partial charge in [-0.25, -0.2) is 4.39 Å². The van der Waals surface area contributed by atoms with Gasteiger partial charge in [-0.05, 0) is 23.8 Å². The maximum atomic E-state index is 13.1. The summed E-state index contributed by atoms with van der Waals surface area (Å²) in [5.41, 5.74) is 2.31. The number of hydrogen-bond donors (Lipinski definition) is 1. The Balaban J connectivity index is 1.85. The number of hydrogen-bond acceptors (Lipinski definition) is 3. The molecule has 3 rings (SSSR count). The van der Waals surface area contributed by atoms with Gasteiger partial charge in [0.15, 0.2) is 6.29 Å². The van der Waals surface area contributed by atoms with Gasteiger partial charge in [-0.15, -0.1) is 0 Å². The van der Waals surface area contributed by atoms with Gasteiger partial charge in [0.05, 0.1) is 15.6 Å². The van der Waals surface area contributed by atoms with Crippen molar-refractivity contribution in [1.29, 1.82) is 0 Å². The second kappa shape index (κ2) is 7.77. The number of ether oxygens (including phenoxy) is 1. The van der Waals surface area contributed by atoms with Crippen molar-refractivity contribution in [2.24, 2.45) is 0 Å². The van der Waals surface area contributed by atoms with Crippen LogP contribution in [-0.4, -0.2) is 11.4 Å². The maximum Gasteiger partial charge on any atom is 0.153 e. The largest absolute Gasteiger partial charge is 0.507 e. The highest BCUT2D eigenvalue weighted by molar-refractivity contribution is 6.34. The van der Waals surface area contributed by atoms with Crippen molar-refractivity contribution < 1.29 is 19.0 Å². The fraction of sp³-hybridized carbons (Fsp3) is 0.0500. The van der Waals surface area contributed by atoms with Gasteiger partial charge in [0.2, 0.25) is 0 Å². The molecule has 0 saturated carbocycles. The molecule has 3 aromatic carbocycles. The fourth-order valence-electron chi connectivity index (χ4n) is 2.46. The topological polar surface area (TPSA) is 46.5 Å². The van der Waals surface area contributed by atoms with Crippen LogP contribution in [0, 0.1) is 5.82 Å². The zero-order valence-electron chi connectivity index (χ0n) is 13.4. The van der Waals surface area contributed by atoms with Gasteiger partial charge in [-0.3, -0.25) is 4.79 Å². The van der Waals surface area contributed by atoms with Gasteiger partial charge in [-0.1, -0.05) is 53.5 Å². The molecular weight excluding hydrogens is 378 g/mol. The first kappa shape index (κ1) is 18.2. The first-order valence-corrected chi connectivity index (χ1v) is 8.39. The van der Waals surface area contributed by atoms with E-state index < -0.39 is 0 Å². The molecule has 0 unspecified atom stereocenters. The number of phenolic OH excluding ortho intramolecular Hbond substituents is 1. The van der Waals surface area contributed by atoms with Crippen LogP contribution in [0.4, 0.5) is 4.39 Å². The van der Waals surface area contributed by atoms with E-state index in [1.807, 2.05) is 12.1 Å². The molecule has 1 N–H and O–H groups in total. The normalized spacial score (nSPS) is 10.6. The summed E-state index contributed by atoms with van der Waals surface area (Å²) >= 11 is 12.5. The molecule has 132 valence electrons. The van der Waals surface area contributed by atoms with Crippen LogP contribution in [0.1, 0.15) is 15.9 Å². The zero-order valence-corrected chi connectivity index (χ0v) is 14.9. The van der Waals surface area contributed by atoms with Crippen molar-refractivity contribution in [2.45, 2.75) is 6.61 Å². The second-order valence-corrected chi connectivity index (χ2v) is 6.32. The number of rotatable bonds is 5. The highest BCUT2D eigenvalue weighted by atomic mass is 35.5. The zero-order chi connectivity index (χ0) is 18.7. The minimum atomic E-state index is -0.322. The van der Waals surface area contributed by atoms with Crippen LogP contribution < -0.4 is 4.74 Å². The molecule has 0 aliphatic heterocycles. The third-order valence-electron chi connectivity index (χ3n) is 3.83. The van der Waals surface area contributed by atoms with Crippen molar-refractivity contribution >= 4 is 29.5 Å². The molecule has 0 saturated heterocycles.